The number of allylic oxidation sites excluding steroid dienone is 4. The summed E-state index contributed by atoms with van der Waals surface area (Å²) in [6, 6.07) is 4.74. The maximum Gasteiger partial charge on any atom is 0.242 e. The Kier molecular flexibility index (Phi) is 12.0. The molecule has 5 nitrogen and oxygen atoms in total. The first-order valence-corrected chi connectivity index (χ1v) is 10.8. The van der Waals surface area contributed by atoms with E-state index in [2.05, 4.69) is 20.7 Å². The Labute approximate surface area is 166 Å². The van der Waals surface area contributed by atoms with Crippen molar-refractivity contribution in [1.29, 1.82) is 0 Å². The van der Waals surface area contributed by atoms with Crippen molar-refractivity contribution in [2.75, 3.05) is 19.4 Å². The minimum absolute atomic E-state index is 0.0692. The second-order valence-electron chi connectivity index (χ2n) is 4.71. The SMILES string of the molecule is CC.CC.COC1=CC=C(CNS(=O)(=O)c2cc(Br)ccc2N)CC=C1. The second kappa shape index (κ2) is 12.7. The van der Waals surface area contributed by atoms with Crippen LogP contribution in [0.3, 0.4) is 0 Å². The number of ether oxygens (including phenoxy) is 1. The largest absolute Gasteiger partial charge is 0.497 e. The summed E-state index contributed by atoms with van der Waals surface area (Å²) in [6.45, 7) is 8.21. The molecule has 146 valence electrons. The monoisotopic (exact) mass is 444 g/mol. The van der Waals surface area contributed by atoms with Crippen molar-refractivity contribution in [2.45, 2.75) is 39.0 Å². The molecule has 0 aliphatic heterocycles. The molecule has 1 aromatic carbocycles. The van der Waals surface area contributed by atoms with Gasteiger partial charge in [0.05, 0.1) is 12.8 Å². The van der Waals surface area contributed by atoms with Crippen LogP contribution in [0.15, 0.2) is 63.2 Å². The van der Waals surface area contributed by atoms with Gasteiger partial charge < -0.3 is 10.5 Å². The Morgan fingerprint density at radius 1 is 1.19 bits per heavy atom. The maximum absolute atomic E-state index is 12.4. The molecule has 7 heteroatoms. The van der Waals surface area contributed by atoms with Gasteiger partial charge in [0.25, 0.3) is 0 Å². The number of nitrogen functional groups attached to an aromatic ring is 1. The first-order valence-electron chi connectivity index (χ1n) is 8.57. The number of anilines is 1. The quantitative estimate of drug-likeness (QED) is 0.640. The highest BCUT2D eigenvalue weighted by molar-refractivity contribution is 9.10. The second-order valence-corrected chi connectivity index (χ2v) is 7.36. The summed E-state index contributed by atoms with van der Waals surface area (Å²) in [6.07, 6.45) is 8.09. The summed E-state index contributed by atoms with van der Waals surface area (Å²) in [7, 11) is -2.07. The van der Waals surface area contributed by atoms with Crippen molar-refractivity contribution in [3.63, 3.8) is 0 Å². The van der Waals surface area contributed by atoms with E-state index >= 15 is 0 Å². The summed E-state index contributed by atoms with van der Waals surface area (Å²) in [4.78, 5) is 0.0692. The molecule has 0 radical (unpaired) electrons. The third kappa shape index (κ3) is 7.76. The summed E-state index contributed by atoms with van der Waals surface area (Å²) in [5.74, 6) is 0.731. The summed E-state index contributed by atoms with van der Waals surface area (Å²) in [5, 5.41) is 0. The van der Waals surface area contributed by atoms with E-state index in [1.165, 1.54) is 6.07 Å². The van der Waals surface area contributed by atoms with E-state index in [-0.39, 0.29) is 17.1 Å². The molecule has 0 spiro atoms. The van der Waals surface area contributed by atoms with Gasteiger partial charge in [0.2, 0.25) is 10.0 Å². The van der Waals surface area contributed by atoms with Crippen molar-refractivity contribution in [2.24, 2.45) is 0 Å². The lowest BCUT2D eigenvalue weighted by Gasteiger charge is -2.10. The molecule has 0 heterocycles. The predicted octanol–water partition coefficient (Wildman–Crippen LogP) is 4.78. The Balaban J connectivity index is 0.00000146. The van der Waals surface area contributed by atoms with Gasteiger partial charge >= 0.3 is 0 Å². The number of methoxy groups -OCH3 is 1. The number of benzene rings is 1. The van der Waals surface area contributed by atoms with Crippen LogP contribution >= 0.6 is 15.9 Å². The van der Waals surface area contributed by atoms with Gasteiger partial charge in [-0.05, 0) is 36.8 Å². The van der Waals surface area contributed by atoms with Gasteiger partial charge in [-0.2, -0.15) is 0 Å². The molecule has 0 aromatic heterocycles. The smallest absolute Gasteiger partial charge is 0.242 e. The molecule has 3 N–H and O–H groups in total. The van der Waals surface area contributed by atoms with Crippen LogP contribution in [0.4, 0.5) is 5.69 Å². The van der Waals surface area contributed by atoms with E-state index in [1.807, 2.05) is 45.9 Å². The highest BCUT2D eigenvalue weighted by Gasteiger charge is 2.18. The van der Waals surface area contributed by atoms with Crippen molar-refractivity contribution in [1.82, 2.24) is 4.72 Å². The maximum atomic E-state index is 12.4. The number of nitrogens with one attached hydrogen (secondary N) is 1. The van der Waals surface area contributed by atoms with E-state index in [4.69, 9.17) is 10.5 Å². The molecule has 1 aliphatic rings. The Morgan fingerprint density at radius 2 is 1.85 bits per heavy atom. The van der Waals surface area contributed by atoms with Gasteiger partial charge in [0.15, 0.2) is 0 Å². The molecule has 1 aliphatic carbocycles. The van der Waals surface area contributed by atoms with E-state index < -0.39 is 10.0 Å². The van der Waals surface area contributed by atoms with Gasteiger partial charge in [-0.15, -0.1) is 0 Å². The summed E-state index contributed by atoms with van der Waals surface area (Å²) < 4.78 is 33.1. The molecule has 1 aromatic rings. The zero-order valence-electron chi connectivity index (χ0n) is 16.0. The summed E-state index contributed by atoms with van der Waals surface area (Å²) >= 11 is 3.25. The first-order chi connectivity index (χ1) is 12.4. The van der Waals surface area contributed by atoms with E-state index in [9.17, 15) is 8.42 Å². The molecule has 26 heavy (non-hydrogen) atoms. The molecule has 2 rings (SSSR count). The van der Waals surface area contributed by atoms with Crippen molar-refractivity contribution >= 4 is 31.6 Å². The minimum Gasteiger partial charge on any atom is -0.497 e. The van der Waals surface area contributed by atoms with Crippen LogP contribution in [-0.2, 0) is 14.8 Å². The topological polar surface area (TPSA) is 81.4 Å². The van der Waals surface area contributed by atoms with Crippen LogP contribution in [0.1, 0.15) is 34.1 Å². The van der Waals surface area contributed by atoms with Crippen molar-refractivity contribution in [3.8, 4) is 0 Å². The van der Waals surface area contributed by atoms with Crippen LogP contribution in [0.5, 0.6) is 0 Å². The first kappa shape index (κ1) is 24.4. The number of sulfonamides is 1. The molecule has 0 bridgehead atoms. The highest BCUT2D eigenvalue weighted by atomic mass is 79.9. The normalized spacial score (nSPS) is 13.2. The van der Waals surface area contributed by atoms with E-state index in [0.29, 0.717) is 10.9 Å². The molecule has 0 amide bonds. The van der Waals surface area contributed by atoms with Gasteiger partial charge in [0, 0.05) is 11.0 Å². The Bertz CT molecular complexity index is 754. The Morgan fingerprint density at radius 3 is 2.46 bits per heavy atom. The van der Waals surface area contributed by atoms with E-state index in [0.717, 1.165) is 11.3 Å². The molecule has 0 atom stereocenters. The van der Waals surface area contributed by atoms with Gasteiger partial charge in [0.1, 0.15) is 10.7 Å². The lowest BCUT2D eigenvalue weighted by molar-refractivity contribution is 0.307. The van der Waals surface area contributed by atoms with E-state index in [1.54, 1.807) is 25.3 Å². The van der Waals surface area contributed by atoms with Crippen LogP contribution in [0.25, 0.3) is 0 Å². The fourth-order valence-corrected chi connectivity index (χ4v) is 3.63. The van der Waals surface area contributed by atoms with Crippen LogP contribution in [0.2, 0.25) is 0 Å². The van der Waals surface area contributed by atoms with Crippen molar-refractivity contribution in [3.05, 3.63) is 58.3 Å². The van der Waals surface area contributed by atoms with Crippen LogP contribution in [0, 0.1) is 0 Å². The zero-order valence-corrected chi connectivity index (χ0v) is 18.4. The number of hydrogen-bond acceptors (Lipinski definition) is 4. The highest BCUT2D eigenvalue weighted by Crippen LogP contribution is 2.23. The van der Waals surface area contributed by atoms with Gasteiger partial charge in [-0.25, -0.2) is 13.1 Å². The fourth-order valence-electron chi connectivity index (χ4n) is 1.92. The number of halogens is 1. The number of hydrogen-bond donors (Lipinski definition) is 2. The van der Waals surface area contributed by atoms with Gasteiger partial charge in [-0.1, -0.05) is 61.4 Å². The lowest BCUT2D eigenvalue weighted by atomic mass is 10.2. The third-order valence-corrected chi connectivity index (χ3v) is 5.09. The molecular formula is C19H29BrN2O3S. The standard InChI is InChI=1S/C15H17BrN2O3S.2C2H6/c1-21-13-4-2-3-11(5-7-13)10-18-22(19,20)15-9-12(16)6-8-14(15)17;2*1-2/h2,4-9,18H,3,10,17H2,1H3;2*1-2H3. The molecule has 0 fully saturated rings. The Hall–Kier alpha value is -1.57. The molecular weight excluding hydrogens is 416 g/mol. The third-order valence-electron chi connectivity index (χ3n) is 3.14. The van der Waals surface area contributed by atoms with Crippen LogP contribution < -0.4 is 10.5 Å². The molecule has 0 saturated heterocycles. The average molecular weight is 445 g/mol. The fraction of sp³-hybridized carbons (Fsp3) is 0.368. The lowest BCUT2D eigenvalue weighted by Crippen LogP contribution is -2.26. The molecule has 0 saturated carbocycles. The number of nitrogens with two attached hydrogens (primary N) is 1. The van der Waals surface area contributed by atoms with Crippen molar-refractivity contribution < 1.29 is 13.2 Å². The van der Waals surface area contributed by atoms with Crippen LogP contribution in [-0.4, -0.2) is 22.1 Å². The average Bonchev–Trinajstić information content (AvgIpc) is 2.90. The number of rotatable bonds is 5. The minimum atomic E-state index is -3.67. The van der Waals surface area contributed by atoms with Gasteiger partial charge in [-0.3, -0.25) is 0 Å². The predicted molar refractivity (Wildman–Crippen MR) is 113 cm³/mol. The zero-order chi connectivity index (χ0) is 20.2. The molecule has 0 unspecified atom stereocenters. The summed E-state index contributed by atoms with van der Waals surface area (Å²) in [5.41, 5.74) is 6.90.